The van der Waals surface area contributed by atoms with Gasteiger partial charge in [0.2, 0.25) is 0 Å². The molecule has 1 rings (SSSR count). The lowest BCUT2D eigenvalue weighted by Crippen LogP contribution is -2.29. The molecule has 0 saturated carbocycles. The number of carbonyl (C=O) groups is 2. The molecule has 6 heteroatoms. The summed E-state index contributed by atoms with van der Waals surface area (Å²) in [7, 11) is 0. The summed E-state index contributed by atoms with van der Waals surface area (Å²) in [5.74, 6) is -0.949. The quantitative estimate of drug-likeness (QED) is 0.336. The number of rotatable bonds is 8. The molecule has 0 aliphatic heterocycles. The zero-order valence-electron chi connectivity index (χ0n) is 11.8. The number of amides is 2. The topological polar surface area (TPSA) is 98.7 Å². The van der Waals surface area contributed by atoms with Gasteiger partial charge in [0.25, 0.3) is 0 Å². The van der Waals surface area contributed by atoms with Crippen molar-refractivity contribution in [2.24, 2.45) is 0 Å². The number of carbonyl (C=O) groups excluding carboxylic acids is 1. The van der Waals surface area contributed by atoms with Crippen LogP contribution in [-0.2, 0) is 4.79 Å². The molecule has 0 radical (unpaired) electrons. The Morgan fingerprint density at radius 2 is 1.86 bits per heavy atom. The van der Waals surface area contributed by atoms with Crippen molar-refractivity contribution in [3.8, 4) is 5.75 Å². The van der Waals surface area contributed by atoms with Crippen molar-refractivity contribution < 1.29 is 19.8 Å². The van der Waals surface area contributed by atoms with Crippen LogP contribution in [0.1, 0.15) is 25.7 Å². The van der Waals surface area contributed by atoms with Crippen LogP contribution in [0.15, 0.2) is 36.4 Å². The van der Waals surface area contributed by atoms with Crippen molar-refractivity contribution in [1.29, 1.82) is 0 Å². The summed E-state index contributed by atoms with van der Waals surface area (Å²) in [6, 6.07) is 6.09. The number of unbranched alkanes of at least 4 members (excludes halogenated alkanes) is 2. The highest BCUT2D eigenvalue weighted by atomic mass is 16.4. The number of anilines is 1. The highest BCUT2D eigenvalue weighted by Gasteiger charge is 2.05. The third-order valence-corrected chi connectivity index (χ3v) is 2.90. The number of benzene rings is 1. The fourth-order valence-electron chi connectivity index (χ4n) is 1.69. The molecule has 0 aromatic heterocycles. The second-order valence-corrected chi connectivity index (χ2v) is 4.62. The summed E-state index contributed by atoms with van der Waals surface area (Å²) in [4.78, 5) is 22.1. The van der Waals surface area contributed by atoms with Gasteiger partial charge in [-0.2, -0.15) is 0 Å². The maximum Gasteiger partial charge on any atom is 0.330 e. The van der Waals surface area contributed by atoms with E-state index in [2.05, 4.69) is 17.2 Å². The van der Waals surface area contributed by atoms with E-state index in [1.54, 1.807) is 18.2 Å². The molecule has 0 saturated heterocycles. The van der Waals surface area contributed by atoms with E-state index < -0.39 is 5.97 Å². The first-order valence-electron chi connectivity index (χ1n) is 6.74. The molecule has 0 unspecified atom stereocenters. The molecule has 4 N–H and O–H groups in total. The highest BCUT2D eigenvalue weighted by molar-refractivity contribution is 5.90. The summed E-state index contributed by atoms with van der Waals surface area (Å²) in [6.45, 7) is 3.94. The summed E-state index contributed by atoms with van der Waals surface area (Å²) >= 11 is 0. The standard InChI is InChI=1S/C15H20N2O4/c1-11(14(19)20)7-3-2-6-10-16-15(21)17-12-8-4-5-9-13(12)18/h4-5,8-9,18H,1-3,6-7,10H2,(H,19,20)(H2,16,17,21). The number of hydrogen-bond acceptors (Lipinski definition) is 3. The number of carboxylic acid groups (broad SMARTS) is 1. The van der Waals surface area contributed by atoms with Crippen LogP contribution in [0.3, 0.4) is 0 Å². The van der Waals surface area contributed by atoms with Gasteiger partial charge in [0.1, 0.15) is 5.75 Å². The van der Waals surface area contributed by atoms with Crippen molar-refractivity contribution in [3.63, 3.8) is 0 Å². The predicted octanol–water partition coefficient (Wildman–Crippen LogP) is 2.71. The minimum absolute atomic E-state index is 0.0137. The summed E-state index contributed by atoms with van der Waals surface area (Å²) in [6.07, 6.45) is 2.75. The SMILES string of the molecule is C=C(CCCCCNC(=O)Nc1ccccc1O)C(=O)O. The number of phenolic OH excluding ortho intramolecular Hbond substituents is 1. The van der Waals surface area contributed by atoms with Crippen LogP contribution in [0.2, 0.25) is 0 Å². The number of aromatic hydroxyl groups is 1. The van der Waals surface area contributed by atoms with E-state index in [0.717, 1.165) is 19.3 Å². The Morgan fingerprint density at radius 3 is 2.52 bits per heavy atom. The number of hydrogen-bond donors (Lipinski definition) is 4. The van der Waals surface area contributed by atoms with E-state index in [4.69, 9.17) is 5.11 Å². The first-order valence-corrected chi connectivity index (χ1v) is 6.74. The molecule has 0 aliphatic carbocycles. The van der Waals surface area contributed by atoms with Crippen LogP contribution in [0.4, 0.5) is 10.5 Å². The van der Waals surface area contributed by atoms with Gasteiger partial charge in [-0.1, -0.05) is 25.1 Å². The first-order chi connectivity index (χ1) is 10.0. The number of urea groups is 1. The molecular weight excluding hydrogens is 272 g/mol. The Morgan fingerprint density at radius 1 is 1.14 bits per heavy atom. The number of nitrogens with one attached hydrogen (secondary N) is 2. The van der Waals surface area contributed by atoms with Gasteiger partial charge in [-0.05, 0) is 31.4 Å². The lowest BCUT2D eigenvalue weighted by Gasteiger charge is -2.08. The average Bonchev–Trinajstić information content (AvgIpc) is 2.44. The van der Waals surface area contributed by atoms with Gasteiger partial charge >= 0.3 is 12.0 Å². The van der Waals surface area contributed by atoms with Crippen LogP contribution >= 0.6 is 0 Å². The van der Waals surface area contributed by atoms with E-state index in [9.17, 15) is 14.7 Å². The Hall–Kier alpha value is -2.50. The third-order valence-electron chi connectivity index (χ3n) is 2.90. The maximum atomic E-state index is 11.6. The Labute approximate surface area is 123 Å². The molecule has 1 aromatic carbocycles. The molecule has 0 spiro atoms. The fraction of sp³-hybridized carbons (Fsp3) is 0.333. The van der Waals surface area contributed by atoms with Gasteiger partial charge in [-0.3, -0.25) is 0 Å². The van der Waals surface area contributed by atoms with Gasteiger partial charge in [-0.25, -0.2) is 9.59 Å². The number of phenols is 1. The lowest BCUT2D eigenvalue weighted by atomic mass is 10.1. The second-order valence-electron chi connectivity index (χ2n) is 4.62. The molecule has 0 heterocycles. The van der Waals surface area contributed by atoms with Crippen molar-refractivity contribution in [2.45, 2.75) is 25.7 Å². The molecule has 21 heavy (non-hydrogen) atoms. The maximum absolute atomic E-state index is 11.6. The van der Waals surface area contributed by atoms with Crippen LogP contribution in [0.5, 0.6) is 5.75 Å². The smallest absolute Gasteiger partial charge is 0.330 e. The van der Waals surface area contributed by atoms with Crippen molar-refractivity contribution in [1.82, 2.24) is 5.32 Å². The zero-order chi connectivity index (χ0) is 15.7. The third kappa shape index (κ3) is 6.47. The molecule has 0 aliphatic rings. The van der Waals surface area contributed by atoms with E-state index in [1.807, 2.05) is 0 Å². The average molecular weight is 292 g/mol. The summed E-state index contributed by atoms with van der Waals surface area (Å²) in [5, 5.41) is 23.3. The van der Waals surface area contributed by atoms with E-state index in [0.29, 0.717) is 18.7 Å². The minimum atomic E-state index is -0.963. The predicted molar refractivity (Wildman–Crippen MR) is 80.4 cm³/mol. The zero-order valence-corrected chi connectivity index (χ0v) is 11.8. The Bertz CT molecular complexity index is 514. The van der Waals surface area contributed by atoms with Crippen LogP contribution < -0.4 is 10.6 Å². The van der Waals surface area contributed by atoms with E-state index in [-0.39, 0.29) is 17.4 Å². The minimum Gasteiger partial charge on any atom is -0.506 e. The van der Waals surface area contributed by atoms with Crippen LogP contribution in [0.25, 0.3) is 0 Å². The first kappa shape index (κ1) is 16.6. The van der Waals surface area contributed by atoms with Crippen LogP contribution in [-0.4, -0.2) is 28.8 Å². The van der Waals surface area contributed by atoms with Crippen molar-refractivity contribution in [3.05, 3.63) is 36.4 Å². The highest BCUT2D eigenvalue weighted by Crippen LogP contribution is 2.21. The largest absolute Gasteiger partial charge is 0.506 e. The molecule has 6 nitrogen and oxygen atoms in total. The second kappa shape index (κ2) is 8.63. The van der Waals surface area contributed by atoms with Crippen LogP contribution in [0, 0.1) is 0 Å². The van der Waals surface area contributed by atoms with Gasteiger partial charge in [0.15, 0.2) is 0 Å². The number of aliphatic carboxylic acids is 1. The monoisotopic (exact) mass is 292 g/mol. The molecular formula is C15H20N2O4. The number of para-hydroxylation sites is 2. The normalized spacial score (nSPS) is 9.90. The van der Waals surface area contributed by atoms with E-state index in [1.165, 1.54) is 6.07 Å². The van der Waals surface area contributed by atoms with Gasteiger partial charge in [-0.15, -0.1) is 0 Å². The van der Waals surface area contributed by atoms with Gasteiger partial charge in [0, 0.05) is 12.1 Å². The Kier molecular flexibility index (Phi) is 6.80. The van der Waals surface area contributed by atoms with Gasteiger partial charge in [0.05, 0.1) is 5.69 Å². The molecule has 0 atom stereocenters. The molecule has 0 bridgehead atoms. The number of carboxylic acids is 1. The Balaban J connectivity index is 2.13. The van der Waals surface area contributed by atoms with Crippen molar-refractivity contribution >= 4 is 17.7 Å². The van der Waals surface area contributed by atoms with Crippen molar-refractivity contribution in [2.75, 3.05) is 11.9 Å². The van der Waals surface area contributed by atoms with Gasteiger partial charge < -0.3 is 20.8 Å². The molecule has 0 fully saturated rings. The molecule has 2 amide bonds. The fourth-order valence-corrected chi connectivity index (χ4v) is 1.69. The molecule has 114 valence electrons. The summed E-state index contributed by atoms with van der Waals surface area (Å²) in [5.41, 5.74) is 0.563. The lowest BCUT2D eigenvalue weighted by molar-refractivity contribution is -0.132. The molecule has 1 aromatic rings. The summed E-state index contributed by atoms with van der Waals surface area (Å²) < 4.78 is 0. The van der Waals surface area contributed by atoms with E-state index >= 15 is 0 Å².